The van der Waals surface area contributed by atoms with Gasteiger partial charge in [0.1, 0.15) is 0 Å². The molecule has 98 valence electrons. The number of aldehydes is 1. The van der Waals surface area contributed by atoms with E-state index in [1.165, 1.54) is 20.3 Å². The molecule has 0 aromatic heterocycles. The summed E-state index contributed by atoms with van der Waals surface area (Å²) in [4.78, 5) is 22.9. The monoisotopic (exact) mass is 315 g/mol. The summed E-state index contributed by atoms with van der Waals surface area (Å²) >= 11 is 3.26. The second-order valence-electron chi connectivity index (χ2n) is 3.47. The summed E-state index contributed by atoms with van der Waals surface area (Å²) < 4.78 is 10.8. The number of nitrogens with two attached hydrogens (primary N) is 1. The molecule has 0 saturated heterocycles. The zero-order chi connectivity index (χ0) is 13.7. The first kappa shape index (κ1) is 14.7. The maximum Gasteiger partial charge on any atom is 0.173 e. The number of hydrogen-bond donors (Lipinski definition) is 1. The molecule has 0 saturated carbocycles. The minimum atomic E-state index is -0.169. The molecule has 0 heterocycles. The van der Waals surface area contributed by atoms with Crippen LogP contribution in [0, 0.1) is 0 Å². The van der Waals surface area contributed by atoms with Crippen LogP contribution in [-0.4, -0.2) is 32.8 Å². The Balaban J connectivity index is 3.50. The minimum Gasteiger partial charge on any atom is -0.492 e. The van der Waals surface area contributed by atoms with Crippen LogP contribution in [0.4, 0.5) is 0 Å². The summed E-state index contributed by atoms with van der Waals surface area (Å²) in [5.41, 5.74) is 6.02. The number of methoxy groups -OCH3 is 2. The minimum absolute atomic E-state index is 0.169. The third-order valence-electron chi connectivity index (χ3n) is 2.40. The van der Waals surface area contributed by atoms with Crippen LogP contribution in [0.1, 0.15) is 27.1 Å². The molecular formula is C12H14BrNO4. The van der Waals surface area contributed by atoms with Crippen molar-refractivity contribution in [3.63, 3.8) is 0 Å². The summed E-state index contributed by atoms with van der Waals surface area (Å²) in [6.45, 7) is 0.242. The van der Waals surface area contributed by atoms with Gasteiger partial charge in [-0.3, -0.25) is 9.59 Å². The number of ether oxygens (including phenoxy) is 2. The Morgan fingerprint density at radius 1 is 1.39 bits per heavy atom. The second-order valence-corrected chi connectivity index (χ2v) is 4.32. The molecule has 0 amide bonds. The number of halogens is 1. The molecule has 1 aromatic carbocycles. The van der Waals surface area contributed by atoms with E-state index in [0.717, 1.165) is 0 Å². The highest BCUT2D eigenvalue weighted by molar-refractivity contribution is 9.10. The molecular weight excluding hydrogens is 302 g/mol. The first-order valence-corrected chi connectivity index (χ1v) is 6.02. The lowest BCUT2D eigenvalue weighted by Crippen LogP contribution is -2.11. The molecule has 0 aliphatic rings. The van der Waals surface area contributed by atoms with Gasteiger partial charge in [-0.15, -0.1) is 0 Å². The van der Waals surface area contributed by atoms with Gasteiger partial charge in [0.2, 0.25) is 0 Å². The Hall–Kier alpha value is -1.40. The van der Waals surface area contributed by atoms with E-state index < -0.39 is 0 Å². The van der Waals surface area contributed by atoms with Crippen molar-refractivity contribution in [2.45, 2.75) is 6.42 Å². The third-order valence-corrected chi connectivity index (χ3v) is 3.03. The van der Waals surface area contributed by atoms with Crippen molar-refractivity contribution in [1.82, 2.24) is 0 Å². The normalized spacial score (nSPS) is 10.0. The van der Waals surface area contributed by atoms with Gasteiger partial charge in [-0.25, -0.2) is 0 Å². The quantitative estimate of drug-likeness (QED) is 0.640. The number of rotatable bonds is 6. The smallest absolute Gasteiger partial charge is 0.173 e. The van der Waals surface area contributed by atoms with Gasteiger partial charge < -0.3 is 15.2 Å². The summed E-state index contributed by atoms with van der Waals surface area (Å²) in [6.07, 6.45) is 0.835. The molecule has 0 spiro atoms. The predicted octanol–water partition coefficient (Wildman–Crippen LogP) is 1.81. The van der Waals surface area contributed by atoms with E-state index in [1.807, 2.05) is 0 Å². The van der Waals surface area contributed by atoms with Crippen molar-refractivity contribution < 1.29 is 19.1 Å². The average Bonchev–Trinajstić information content (AvgIpc) is 2.37. The molecule has 18 heavy (non-hydrogen) atoms. The van der Waals surface area contributed by atoms with Crippen LogP contribution in [0.5, 0.6) is 11.5 Å². The van der Waals surface area contributed by atoms with Gasteiger partial charge in [0.25, 0.3) is 0 Å². The number of ketones is 1. The van der Waals surface area contributed by atoms with Crippen molar-refractivity contribution >= 4 is 28.0 Å². The standard InChI is InChI=1S/C12H14BrNO4/c1-17-11-7(6-15)5-8(13)10(12(11)18-2)9(16)3-4-14/h5-6H,3-4,14H2,1-2H3. The predicted molar refractivity (Wildman–Crippen MR) is 70.6 cm³/mol. The van der Waals surface area contributed by atoms with Gasteiger partial charge in [0.15, 0.2) is 23.6 Å². The van der Waals surface area contributed by atoms with Gasteiger partial charge in [-0.1, -0.05) is 0 Å². The van der Waals surface area contributed by atoms with Crippen LogP contribution >= 0.6 is 15.9 Å². The van der Waals surface area contributed by atoms with Crippen LogP contribution in [-0.2, 0) is 0 Å². The van der Waals surface area contributed by atoms with E-state index in [2.05, 4.69) is 15.9 Å². The van der Waals surface area contributed by atoms with Crippen LogP contribution in [0.25, 0.3) is 0 Å². The fourth-order valence-electron chi connectivity index (χ4n) is 1.64. The lowest BCUT2D eigenvalue weighted by molar-refractivity contribution is 0.0979. The molecule has 0 aliphatic heterocycles. The number of hydrogen-bond acceptors (Lipinski definition) is 5. The lowest BCUT2D eigenvalue weighted by atomic mass is 10.0. The molecule has 0 unspecified atom stereocenters. The van der Waals surface area contributed by atoms with Gasteiger partial charge in [0.05, 0.1) is 25.3 Å². The Kier molecular flexibility index (Phi) is 5.30. The molecule has 6 heteroatoms. The summed E-state index contributed by atoms with van der Waals surface area (Å²) in [5.74, 6) is 0.320. The molecule has 0 bridgehead atoms. The van der Waals surface area contributed by atoms with Crippen LogP contribution in [0.2, 0.25) is 0 Å². The van der Waals surface area contributed by atoms with Crippen LogP contribution in [0.3, 0.4) is 0 Å². The summed E-state index contributed by atoms with van der Waals surface area (Å²) in [6, 6.07) is 1.53. The first-order valence-electron chi connectivity index (χ1n) is 5.23. The highest BCUT2D eigenvalue weighted by atomic mass is 79.9. The number of benzene rings is 1. The molecule has 0 aliphatic carbocycles. The number of carbonyl (C=O) groups is 2. The van der Waals surface area contributed by atoms with Crippen molar-refractivity contribution in [3.05, 3.63) is 21.7 Å². The van der Waals surface area contributed by atoms with E-state index in [9.17, 15) is 9.59 Å². The molecule has 1 rings (SSSR count). The van der Waals surface area contributed by atoms with E-state index in [4.69, 9.17) is 15.2 Å². The number of carbonyl (C=O) groups excluding carboxylic acids is 2. The molecule has 0 atom stereocenters. The fourth-order valence-corrected chi connectivity index (χ4v) is 2.28. The van der Waals surface area contributed by atoms with Gasteiger partial charge in [-0.2, -0.15) is 0 Å². The average molecular weight is 316 g/mol. The number of Topliss-reactive ketones (excluding diaryl/α,β-unsaturated/α-hetero) is 1. The Morgan fingerprint density at radius 2 is 2.00 bits per heavy atom. The lowest BCUT2D eigenvalue weighted by Gasteiger charge is -2.15. The second kappa shape index (κ2) is 6.51. The molecule has 5 nitrogen and oxygen atoms in total. The van der Waals surface area contributed by atoms with Gasteiger partial charge in [0, 0.05) is 10.9 Å². The molecule has 2 N–H and O–H groups in total. The molecule has 1 aromatic rings. The van der Waals surface area contributed by atoms with Crippen molar-refractivity contribution in [2.24, 2.45) is 5.73 Å². The zero-order valence-corrected chi connectivity index (χ0v) is 11.7. The third kappa shape index (κ3) is 2.70. The van der Waals surface area contributed by atoms with E-state index in [0.29, 0.717) is 21.9 Å². The Morgan fingerprint density at radius 3 is 2.44 bits per heavy atom. The van der Waals surface area contributed by atoms with E-state index >= 15 is 0 Å². The topological polar surface area (TPSA) is 78.6 Å². The highest BCUT2D eigenvalue weighted by Crippen LogP contribution is 2.39. The SMILES string of the molecule is COc1c(C=O)cc(Br)c(C(=O)CCN)c1OC. The molecule has 0 fully saturated rings. The van der Waals surface area contributed by atoms with Gasteiger partial charge >= 0.3 is 0 Å². The van der Waals surface area contributed by atoms with Crippen molar-refractivity contribution in [3.8, 4) is 11.5 Å². The molecule has 0 radical (unpaired) electrons. The Bertz CT molecular complexity index is 474. The van der Waals surface area contributed by atoms with Crippen LogP contribution < -0.4 is 15.2 Å². The van der Waals surface area contributed by atoms with Crippen LogP contribution in [0.15, 0.2) is 10.5 Å². The summed E-state index contributed by atoms with van der Waals surface area (Å²) in [7, 11) is 2.83. The first-order chi connectivity index (χ1) is 8.60. The van der Waals surface area contributed by atoms with Crippen molar-refractivity contribution in [2.75, 3.05) is 20.8 Å². The largest absolute Gasteiger partial charge is 0.492 e. The fraction of sp³-hybridized carbons (Fsp3) is 0.333. The van der Waals surface area contributed by atoms with Crippen molar-refractivity contribution in [1.29, 1.82) is 0 Å². The zero-order valence-electron chi connectivity index (χ0n) is 10.2. The van der Waals surface area contributed by atoms with E-state index in [-0.39, 0.29) is 30.2 Å². The Labute approximate surface area is 113 Å². The maximum absolute atomic E-state index is 12.0. The highest BCUT2D eigenvalue weighted by Gasteiger charge is 2.22. The van der Waals surface area contributed by atoms with E-state index in [1.54, 1.807) is 0 Å². The van der Waals surface area contributed by atoms with Gasteiger partial charge in [-0.05, 0) is 28.5 Å². The maximum atomic E-state index is 12.0. The summed E-state index contributed by atoms with van der Waals surface area (Å²) in [5, 5.41) is 0.